The van der Waals surface area contributed by atoms with Crippen LogP contribution in [0.4, 0.5) is 0 Å². The maximum Gasteiger partial charge on any atom is 0.306 e. The van der Waals surface area contributed by atoms with E-state index < -0.39 is 5.97 Å². The molecular formula is C9H18O4. The van der Waals surface area contributed by atoms with Crippen molar-refractivity contribution in [2.75, 3.05) is 6.61 Å². The Morgan fingerprint density at radius 2 is 1.77 bits per heavy atom. The zero-order valence-electron chi connectivity index (χ0n) is 8.50. The zero-order valence-corrected chi connectivity index (χ0v) is 8.50. The molecule has 0 saturated carbocycles. The Morgan fingerprint density at radius 1 is 1.23 bits per heavy atom. The van der Waals surface area contributed by atoms with Crippen molar-refractivity contribution in [2.45, 2.75) is 40.0 Å². The largest absolute Gasteiger partial charge is 0.481 e. The highest BCUT2D eigenvalue weighted by atomic mass is 16.5. The van der Waals surface area contributed by atoms with Gasteiger partial charge in [0.1, 0.15) is 6.61 Å². The first-order chi connectivity index (χ1) is 6.16. The highest BCUT2D eigenvalue weighted by molar-refractivity contribution is 5.70. The molecule has 0 aliphatic heterocycles. The quantitative estimate of drug-likeness (QED) is 0.672. The normalized spacial score (nSPS) is 8.23. The van der Waals surface area contributed by atoms with Crippen LogP contribution in [0.5, 0.6) is 0 Å². The minimum Gasteiger partial charge on any atom is -0.481 e. The van der Waals surface area contributed by atoms with Crippen LogP contribution in [0.15, 0.2) is 0 Å². The molecule has 0 saturated heterocycles. The SMILES string of the molecule is CC.CCCC(=O)OCCC(=O)O. The van der Waals surface area contributed by atoms with E-state index in [1.165, 1.54) is 0 Å². The smallest absolute Gasteiger partial charge is 0.306 e. The summed E-state index contributed by atoms with van der Waals surface area (Å²) in [7, 11) is 0. The maximum absolute atomic E-state index is 10.6. The fourth-order valence-corrected chi connectivity index (χ4v) is 0.528. The lowest BCUT2D eigenvalue weighted by Crippen LogP contribution is -2.08. The minimum atomic E-state index is -0.950. The van der Waals surface area contributed by atoms with E-state index in [1.54, 1.807) is 0 Å². The minimum absolute atomic E-state index is 0.0197. The Balaban J connectivity index is 0. The maximum atomic E-state index is 10.6. The first-order valence-corrected chi connectivity index (χ1v) is 4.54. The molecule has 4 heteroatoms. The standard InChI is InChI=1S/C7H12O4.C2H6/c1-2-3-7(10)11-5-4-6(8)9;1-2/h2-5H2,1H3,(H,8,9);1-2H3. The molecule has 0 heterocycles. The highest BCUT2D eigenvalue weighted by Crippen LogP contribution is 1.92. The van der Waals surface area contributed by atoms with Crippen LogP contribution in [0.2, 0.25) is 0 Å². The summed E-state index contributed by atoms with van der Waals surface area (Å²) in [6.07, 6.45) is 0.973. The number of carbonyl (C=O) groups is 2. The fraction of sp³-hybridized carbons (Fsp3) is 0.778. The Bertz CT molecular complexity index is 143. The van der Waals surface area contributed by atoms with Crippen molar-refractivity contribution in [3.63, 3.8) is 0 Å². The van der Waals surface area contributed by atoms with Gasteiger partial charge in [-0.3, -0.25) is 9.59 Å². The molecular weight excluding hydrogens is 172 g/mol. The number of carboxylic acid groups (broad SMARTS) is 1. The molecule has 0 rings (SSSR count). The van der Waals surface area contributed by atoms with E-state index in [0.717, 1.165) is 6.42 Å². The molecule has 0 aliphatic carbocycles. The number of ether oxygens (including phenoxy) is 1. The predicted molar refractivity (Wildman–Crippen MR) is 49.5 cm³/mol. The van der Waals surface area contributed by atoms with Gasteiger partial charge < -0.3 is 9.84 Å². The molecule has 0 spiro atoms. The Labute approximate surface area is 78.9 Å². The molecule has 0 aromatic carbocycles. The number of esters is 1. The summed E-state index contributed by atoms with van der Waals surface area (Å²) >= 11 is 0. The molecule has 0 fully saturated rings. The van der Waals surface area contributed by atoms with Crippen LogP contribution >= 0.6 is 0 Å². The molecule has 0 bridgehead atoms. The molecule has 0 aromatic rings. The van der Waals surface area contributed by atoms with E-state index in [0.29, 0.717) is 6.42 Å². The summed E-state index contributed by atoms with van der Waals surface area (Å²) in [5.74, 6) is -1.27. The summed E-state index contributed by atoms with van der Waals surface area (Å²) in [5, 5.41) is 8.16. The zero-order chi connectivity index (χ0) is 10.7. The van der Waals surface area contributed by atoms with Crippen LogP contribution in [0.3, 0.4) is 0 Å². The lowest BCUT2D eigenvalue weighted by Gasteiger charge is -1.99. The third-order valence-corrected chi connectivity index (χ3v) is 1.03. The van der Waals surface area contributed by atoms with Crippen LogP contribution in [0.25, 0.3) is 0 Å². The van der Waals surface area contributed by atoms with E-state index >= 15 is 0 Å². The van der Waals surface area contributed by atoms with Crippen LogP contribution < -0.4 is 0 Å². The van der Waals surface area contributed by atoms with Crippen LogP contribution in [0, 0.1) is 0 Å². The summed E-state index contributed by atoms with van der Waals surface area (Å²) in [6.45, 7) is 5.84. The van der Waals surface area contributed by atoms with Gasteiger partial charge in [-0.15, -0.1) is 0 Å². The van der Waals surface area contributed by atoms with E-state index in [-0.39, 0.29) is 19.0 Å². The molecule has 0 atom stereocenters. The van der Waals surface area contributed by atoms with E-state index in [2.05, 4.69) is 4.74 Å². The fourth-order valence-electron chi connectivity index (χ4n) is 0.528. The van der Waals surface area contributed by atoms with Crippen molar-refractivity contribution in [3.05, 3.63) is 0 Å². The van der Waals surface area contributed by atoms with Crippen molar-refractivity contribution >= 4 is 11.9 Å². The lowest BCUT2D eigenvalue weighted by atomic mass is 10.3. The van der Waals surface area contributed by atoms with Crippen molar-refractivity contribution in [3.8, 4) is 0 Å². The first kappa shape index (κ1) is 14.5. The van der Waals surface area contributed by atoms with Gasteiger partial charge in [-0.05, 0) is 6.42 Å². The van der Waals surface area contributed by atoms with E-state index in [4.69, 9.17) is 5.11 Å². The molecule has 0 radical (unpaired) electrons. The summed E-state index contributed by atoms with van der Waals surface area (Å²) in [4.78, 5) is 20.6. The number of carboxylic acids is 1. The molecule has 4 nitrogen and oxygen atoms in total. The van der Waals surface area contributed by atoms with Gasteiger partial charge in [-0.1, -0.05) is 20.8 Å². The molecule has 0 unspecified atom stereocenters. The molecule has 0 aromatic heterocycles. The van der Waals surface area contributed by atoms with Gasteiger partial charge >= 0.3 is 11.9 Å². The Kier molecular flexibility index (Phi) is 12.2. The monoisotopic (exact) mass is 190 g/mol. The lowest BCUT2D eigenvalue weighted by molar-refractivity contribution is -0.146. The van der Waals surface area contributed by atoms with Crippen LogP contribution in [-0.2, 0) is 14.3 Å². The van der Waals surface area contributed by atoms with Crippen molar-refractivity contribution < 1.29 is 19.4 Å². The Morgan fingerprint density at radius 3 is 2.15 bits per heavy atom. The molecule has 13 heavy (non-hydrogen) atoms. The van der Waals surface area contributed by atoms with Gasteiger partial charge in [0.2, 0.25) is 0 Å². The topological polar surface area (TPSA) is 63.6 Å². The van der Waals surface area contributed by atoms with Crippen LogP contribution in [-0.4, -0.2) is 23.7 Å². The molecule has 0 amide bonds. The molecule has 1 N–H and O–H groups in total. The number of rotatable bonds is 5. The molecule has 78 valence electrons. The second kappa shape index (κ2) is 10.9. The van der Waals surface area contributed by atoms with E-state index in [1.807, 2.05) is 20.8 Å². The third-order valence-electron chi connectivity index (χ3n) is 1.03. The average molecular weight is 190 g/mol. The van der Waals surface area contributed by atoms with Gasteiger partial charge in [-0.25, -0.2) is 0 Å². The predicted octanol–water partition coefficient (Wildman–Crippen LogP) is 1.83. The van der Waals surface area contributed by atoms with Crippen molar-refractivity contribution in [1.82, 2.24) is 0 Å². The van der Waals surface area contributed by atoms with Crippen molar-refractivity contribution in [2.24, 2.45) is 0 Å². The van der Waals surface area contributed by atoms with Gasteiger partial charge in [0.25, 0.3) is 0 Å². The first-order valence-electron chi connectivity index (χ1n) is 4.54. The van der Waals surface area contributed by atoms with Gasteiger partial charge in [0, 0.05) is 6.42 Å². The van der Waals surface area contributed by atoms with Gasteiger partial charge in [-0.2, -0.15) is 0 Å². The average Bonchev–Trinajstić information content (AvgIpc) is 2.08. The highest BCUT2D eigenvalue weighted by Gasteiger charge is 2.01. The number of aliphatic carboxylic acids is 1. The van der Waals surface area contributed by atoms with Crippen molar-refractivity contribution in [1.29, 1.82) is 0 Å². The third kappa shape index (κ3) is 13.9. The van der Waals surface area contributed by atoms with Gasteiger partial charge in [0.05, 0.1) is 6.42 Å². The van der Waals surface area contributed by atoms with E-state index in [9.17, 15) is 9.59 Å². The second-order valence-corrected chi connectivity index (χ2v) is 2.11. The number of carbonyl (C=O) groups excluding carboxylic acids is 1. The van der Waals surface area contributed by atoms with Crippen LogP contribution in [0.1, 0.15) is 40.0 Å². The summed E-state index contributed by atoms with van der Waals surface area (Å²) in [6, 6.07) is 0. The Hall–Kier alpha value is -1.06. The van der Waals surface area contributed by atoms with Gasteiger partial charge in [0.15, 0.2) is 0 Å². The second-order valence-electron chi connectivity index (χ2n) is 2.11. The summed E-state index contributed by atoms with van der Waals surface area (Å²) < 4.78 is 4.57. The number of hydrogen-bond acceptors (Lipinski definition) is 3. The summed E-state index contributed by atoms with van der Waals surface area (Å²) in [5.41, 5.74) is 0. The molecule has 0 aliphatic rings. The number of hydrogen-bond donors (Lipinski definition) is 1.